The lowest BCUT2D eigenvalue weighted by atomic mass is 9.77. The highest BCUT2D eigenvalue weighted by Crippen LogP contribution is 2.41. The van der Waals surface area contributed by atoms with Gasteiger partial charge in [0.15, 0.2) is 0 Å². The molecule has 31 heavy (non-hydrogen) atoms. The lowest BCUT2D eigenvalue weighted by molar-refractivity contribution is 0.0978. The minimum Gasteiger partial charge on any atom is -0.299 e. The summed E-state index contributed by atoms with van der Waals surface area (Å²) in [4.78, 5) is 20.4. The largest absolute Gasteiger partial charge is 0.299 e. The summed E-state index contributed by atoms with van der Waals surface area (Å²) in [7, 11) is -3.33. The number of halogens is 1. The van der Waals surface area contributed by atoms with E-state index in [9.17, 15) is 17.6 Å². The number of likely N-dealkylation sites (tertiary alicyclic amines) is 1. The van der Waals surface area contributed by atoms with Gasteiger partial charge in [-0.2, -0.15) is 4.31 Å². The van der Waals surface area contributed by atoms with E-state index in [1.807, 2.05) is 12.1 Å². The number of hydrogen-bond donors (Lipinski definition) is 0. The van der Waals surface area contributed by atoms with Crippen LogP contribution in [0.1, 0.15) is 35.5 Å². The average Bonchev–Trinajstić information content (AvgIpc) is 3.09. The molecule has 0 N–H and O–H groups in total. The maximum atomic E-state index is 13.2. The molecule has 3 aliphatic heterocycles. The Balaban J connectivity index is 1.30. The summed E-state index contributed by atoms with van der Waals surface area (Å²) < 4.78 is 40.2. The summed E-state index contributed by atoms with van der Waals surface area (Å²) in [5.74, 6) is 0.633. The maximum Gasteiger partial charge on any atom is 0.258 e. The SMILES string of the molecule is CS(=O)(=O)N1CCc2nc3n(c(=O)c2C1)CC1(CCN(Cc2ccc(F)cc2)CC1)C3. The second-order valence-electron chi connectivity index (χ2n) is 9.27. The third-order valence-corrected chi connectivity index (χ3v) is 8.34. The third kappa shape index (κ3) is 3.94. The second-order valence-corrected chi connectivity index (χ2v) is 11.3. The predicted octanol–water partition coefficient (Wildman–Crippen LogP) is 1.54. The van der Waals surface area contributed by atoms with Crippen LogP contribution < -0.4 is 5.56 Å². The van der Waals surface area contributed by atoms with Gasteiger partial charge in [0, 0.05) is 39.0 Å². The Bertz CT molecular complexity index is 1170. The highest BCUT2D eigenvalue weighted by atomic mass is 32.2. The molecule has 4 heterocycles. The van der Waals surface area contributed by atoms with Gasteiger partial charge in [0.1, 0.15) is 11.6 Å². The van der Waals surface area contributed by atoms with Crippen molar-refractivity contribution in [2.45, 2.75) is 45.3 Å². The fourth-order valence-corrected chi connectivity index (χ4v) is 6.00. The number of fused-ring (bicyclic) bond motifs is 2. The van der Waals surface area contributed by atoms with Gasteiger partial charge in [-0.25, -0.2) is 17.8 Å². The number of benzene rings is 1. The minimum absolute atomic E-state index is 0.0406. The van der Waals surface area contributed by atoms with E-state index in [2.05, 4.69) is 4.90 Å². The van der Waals surface area contributed by atoms with E-state index in [0.717, 1.165) is 56.0 Å². The van der Waals surface area contributed by atoms with Gasteiger partial charge in [0.2, 0.25) is 10.0 Å². The Hall–Kier alpha value is -2.10. The van der Waals surface area contributed by atoms with Crippen molar-refractivity contribution in [2.75, 3.05) is 25.9 Å². The van der Waals surface area contributed by atoms with Crippen LogP contribution in [0.4, 0.5) is 4.39 Å². The van der Waals surface area contributed by atoms with Crippen molar-refractivity contribution in [1.82, 2.24) is 18.8 Å². The zero-order valence-electron chi connectivity index (χ0n) is 17.7. The molecule has 1 saturated heterocycles. The van der Waals surface area contributed by atoms with Gasteiger partial charge >= 0.3 is 0 Å². The van der Waals surface area contributed by atoms with Crippen LogP contribution in [-0.2, 0) is 42.5 Å². The van der Waals surface area contributed by atoms with Crippen molar-refractivity contribution in [3.63, 3.8) is 0 Å². The molecule has 5 rings (SSSR count). The molecule has 0 amide bonds. The Kier molecular flexibility index (Phi) is 5.02. The van der Waals surface area contributed by atoms with E-state index >= 15 is 0 Å². The lowest BCUT2D eigenvalue weighted by Gasteiger charge is -2.38. The Labute approximate surface area is 181 Å². The third-order valence-electron chi connectivity index (χ3n) is 7.09. The molecule has 1 aromatic carbocycles. The summed E-state index contributed by atoms with van der Waals surface area (Å²) >= 11 is 0. The normalized spacial score (nSPS) is 21.2. The number of hydrogen-bond acceptors (Lipinski definition) is 5. The lowest BCUT2D eigenvalue weighted by Crippen LogP contribution is -2.42. The van der Waals surface area contributed by atoms with Crippen LogP contribution >= 0.6 is 0 Å². The van der Waals surface area contributed by atoms with E-state index < -0.39 is 10.0 Å². The molecule has 1 aromatic heterocycles. The molecule has 0 saturated carbocycles. The van der Waals surface area contributed by atoms with Crippen LogP contribution in [0.3, 0.4) is 0 Å². The first-order valence-electron chi connectivity index (χ1n) is 10.8. The van der Waals surface area contributed by atoms with Gasteiger partial charge in [-0.15, -0.1) is 0 Å². The highest BCUT2D eigenvalue weighted by Gasteiger charge is 2.42. The molecule has 1 spiro atoms. The number of aromatic nitrogens is 2. The van der Waals surface area contributed by atoms with Crippen molar-refractivity contribution in [2.24, 2.45) is 5.41 Å². The molecule has 0 aliphatic carbocycles. The predicted molar refractivity (Wildman–Crippen MR) is 115 cm³/mol. The molecule has 9 heteroatoms. The Morgan fingerprint density at radius 3 is 2.52 bits per heavy atom. The fraction of sp³-hybridized carbons (Fsp3) is 0.545. The van der Waals surface area contributed by atoms with Crippen LogP contribution in [0, 0.1) is 11.2 Å². The van der Waals surface area contributed by atoms with E-state index in [-0.39, 0.29) is 23.3 Å². The molecule has 0 unspecified atom stereocenters. The molecule has 7 nitrogen and oxygen atoms in total. The summed E-state index contributed by atoms with van der Waals surface area (Å²) in [5.41, 5.74) is 2.37. The number of rotatable bonds is 3. The molecule has 0 radical (unpaired) electrons. The van der Waals surface area contributed by atoms with Gasteiger partial charge in [0.05, 0.1) is 17.5 Å². The highest BCUT2D eigenvalue weighted by molar-refractivity contribution is 7.88. The Morgan fingerprint density at radius 2 is 1.84 bits per heavy atom. The van der Waals surface area contributed by atoms with Gasteiger partial charge in [0.25, 0.3) is 5.56 Å². The summed E-state index contributed by atoms with van der Waals surface area (Å²) in [6.45, 7) is 3.83. The molecule has 2 aromatic rings. The smallest absolute Gasteiger partial charge is 0.258 e. The topological polar surface area (TPSA) is 75.5 Å². The van der Waals surface area contributed by atoms with Gasteiger partial charge in [-0.3, -0.25) is 14.3 Å². The first kappa shape index (κ1) is 20.8. The minimum atomic E-state index is -3.33. The molecule has 0 atom stereocenters. The Morgan fingerprint density at radius 1 is 1.13 bits per heavy atom. The quantitative estimate of drug-likeness (QED) is 0.715. The average molecular weight is 447 g/mol. The van der Waals surface area contributed by atoms with Gasteiger partial charge < -0.3 is 0 Å². The molecule has 166 valence electrons. The van der Waals surface area contributed by atoms with Crippen LogP contribution in [-0.4, -0.2) is 53.1 Å². The van der Waals surface area contributed by atoms with Crippen molar-refractivity contribution in [1.29, 1.82) is 0 Å². The van der Waals surface area contributed by atoms with E-state index in [0.29, 0.717) is 25.1 Å². The van der Waals surface area contributed by atoms with Crippen LogP contribution in [0.25, 0.3) is 0 Å². The maximum absolute atomic E-state index is 13.2. The van der Waals surface area contributed by atoms with Crippen LogP contribution in [0.2, 0.25) is 0 Å². The standard InChI is InChI=1S/C22H27FN4O3S/c1-31(29,30)26-9-6-19-18(14-26)21(28)27-15-22(12-20(27)24-19)7-10-25(11-8-22)13-16-2-4-17(23)5-3-16/h2-5H,6-15H2,1H3. The molecular weight excluding hydrogens is 419 g/mol. The monoisotopic (exact) mass is 446 g/mol. The molecule has 0 bridgehead atoms. The first-order chi connectivity index (χ1) is 14.7. The number of piperidine rings is 1. The molecular formula is C22H27FN4O3S. The van der Waals surface area contributed by atoms with Crippen LogP contribution in [0.15, 0.2) is 29.1 Å². The zero-order chi connectivity index (χ0) is 21.8. The van der Waals surface area contributed by atoms with Gasteiger partial charge in [-0.1, -0.05) is 12.1 Å². The van der Waals surface area contributed by atoms with Crippen molar-refractivity contribution in [3.05, 3.63) is 63.1 Å². The van der Waals surface area contributed by atoms with E-state index in [1.54, 1.807) is 4.57 Å². The summed E-state index contributed by atoms with van der Waals surface area (Å²) in [5, 5.41) is 0. The number of nitrogens with zero attached hydrogens (tertiary/aromatic N) is 4. The summed E-state index contributed by atoms with van der Waals surface area (Å²) in [6.07, 6.45) is 4.44. The van der Waals surface area contributed by atoms with E-state index in [4.69, 9.17) is 4.98 Å². The van der Waals surface area contributed by atoms with Gasteiger partial charge in [-0.05, 0) is 49.0 Å². The van der Waals surface area contributed by atoms with Crippen molar-refractivity contribution < 1.29 is 12.8 Å². The zero-order valence-corrected chi connectivity index (χ0v) is 18.5. The number of sulfonamides is 1. The summed E-state index contributed by atoms with van der Waals surface area (Å²) in [6, 6.07) is 6.66. The van der Waals surface area contributed by atoms with Crippen LogP contribution in [0.5, 0.6) is 0 Å². The van der Waals surface area contributed by atoms with Crippen molar-refractivity contribution in [3.8, 4) is 0 Å². The second kappa shape index (κ2) is 7.50. The van der Waals surface area contributed by atoms with Crippen molar-refractivity contribution >= 4 is 10.0 Å². The fourth-order valence-electron chi connectivity index (χ4n) is 5.22. The molecule has 3 aliphatic rings. The molecule has 1 fully saturated rings. The van der Waals surface area contributed by atoms with E-state index in [1.165, 1.54) is 22.7 Å². The first-order valence-corrected chi connectivity index (χ1v) is 12.6.